The molecule has 0 saturated heterocycles. The van der Waals surface area contributed by atoms with E-state index in [-0.39, 0.29) is 0 Å². The van der Waals surface area contributed by atoms with Crippen LogP contribution in [-0.2, 0) is 13.1 Å². The second-order valence-corrected chi connectivity index (χ2v) is 6.14. The molecule has 20 heavy (non-hydrogen) atoms. The van der Waals surface area contributed by atoms with Crippen molar-refractivity contribution in [1.82, 2.24) is 19.6 Å². The van der Waals surface area contributed by atoms with Crippen LogP contribution in [0.4, 0.5) is 0 Å². The molecular weight excluding hydrogens is 478 g/mol. The molecule has 0 amide bonds. The van der Waals surface area contributed by atoms with Crippen LogP contribution in [-0.4, -0.2) is 19.6 Å². The van der Waals surface area contributed by atoms with Gasteiger partial charge in [0.2, 0.25) is 0 Å². The minimum atomic E-state index is 0.937. The summed E-state index contributed by atoms with van der Waals surface area (Å²) in [7, 11) is 0. The van der Waals surface area contributed by atoms with E-state index in [0.717, 1.165) is 29.6 Å². The van der Waals surface area contributed by atoms with Gasteiger partial charge < -0.3 is 0 Å². The fraction of sp³-hybridized carbons (Fsp3) is 0.286. The summed E-state index contributed by atoms with van der Waals surface area (Å²) in [4.78, 5) is 0. The summed E-state index contributed by atoms with van der Waals surface area (Å²) in [6.45, 7) is 9.16. The van der Waals surface area contributed by atoms with Gasteiger partial charge in [0.25, 0.3) is 0 Å². The monoisotopic (exact) mass is 496 g/mol. The van der Waals surface area contributed by atoms with Crippen LogP contribution in [0.2, 0.25) is 0 Å². The lowest BCUT2D eigenvalue weighted by Gasteiger charge is -1.97. The highest BCUT2D eigenvalue weighted by molar-refractivity contribution is 14.1. The largest absolute Gasteiger partial charge is 0.271 e. The summed E-state index contributed by atoms with van der Waals surface area (Å²) < 4.78 is 6.10. The van der Waals surface area contributed by atoms with Gasteiger partial charge in [0, 0.05) is 19.3 Å². The highest BCUT2D eigenvalue weighted by Gasteiger charge is 1.94. The third kappa shape index (κ3) is 6.69. The van der Waals surface area contributed by atoms with Crippen LogP contribution >= 0.6 is 45.2 Å². The van der Waals surface area contributed by atoms with E-state index in [4.69, 9.17) is 0 Å². The second kappa shape index (κ2) is 10.1. The number of hydrogen-bond donors (Lipinski definition) is 0. The molecule has 0 aliphatic carbocycles. The number of rotatable bonds is 6. The number of nitrogens with zero attached hydrogens (tertiary/aromatic N) is 4. The van der Waals surface area contributed by atoms with Gasteiger partial charge in [-0.25, -0.2) is 0 Å². The van der Waals surface area contributed by atoms with Crippen molar-refractivity contribution < 1.29 is 0 Å². The van der Waals surface area contributed by atoms with Gasteiger partial charge in [-0.3, -0.25) is 9.36 Å². The van der Waals surface area contributed by atoms with Crippen molar-refractivity contribution >= 4 is 45.2 Å². The lowest BCUT2D eigenvalue weighted by molar-refractivity contribution is 0.610. The summed E-state index contributed by atoms with van der Waals surface area (Å²) in [5.41, 5.74) is 0. The Balaban J connectivity index is 0.000000200. The molecule has 0 aliphatic heterocycles. The van der Waals surface area contributed by atoms with Crippen LogP contribution in [0.15, 0.2) is 49.8 Å². The zero-order valence-electron chi connectivity index (χ0n) is 11.3. The van der Waals surface area contributed by atoms with Gasteiger partial charge in [0.15, 0.2) is 0 Å². The van der Waals surface area contributed by atoms with E-state index < -0.39 is 0 Å². The van der Waals surface area contributed by atoms with Gasteiger partial charge >= 0.3 is 0 Å². The average molecular weight is 496 g/mol. The molecule has 4 nitrogen and oxygen atoms in total. The molecule has 108 valence electrons. The molecule has 2 heterocycles. The molecule has 0 aromatic carbocycles. The summed E-state index contributed by atoms with van der Waals surface area (Å²) in [5.74, 6) is 0. The Bertz CT molecular complexity index is 531. The van der Waals surface area contributed by atoms with Gasteiger partial charge in [0.1, 0.15) is 3.70 Å². The predicted octanol–water partition coefficient (Wildman–Crippen LogP) is 4.13. The van der Waals surface area contributed by atoms with Crippen LogP contribution in [0.3, 0.4) is 0 Å². The molecule has 0 radical (unpaired) electrons. The zero-order chi connectivity index (χ0) is 14.8. The van der Waals surface area contributed by atoms with E-state index >= 15 is 0 Å². The minimum absolute atomic E-state index is 0.937. The highest BCUT2D eigenvalue weighted by atomic mass is 127. The molecule has 0 N–H and O–H groups in total. The van der Waals surface area contributed by atoms with Crippen LogP contribution in [0.1, 0.15) is 12.8 Å². The highest BCUT2D eigenvalue weighted by Crippen LogP contribution is 2.03. The van der Waals surface area contributed by atoms with Crippen LogP contribution < -0.4 is 0 Å². The lowest BCUT2D eigenvalue weighted by Crippen LogP contribution is -2.00. The van der Waals surface area contributed by atoms with Crippen molar-refractivity contribution in [2.24, 2.45) is 0 Å². The normalized spacial score (nSPS) is 9.70. The average Bonchev–Trinajstić information content (AvgIpc) is 3.04. The molecule has 0 saturated carbocycles. The molecule has 0 atom stereocenters. The van der Waals surface area contributed by atoms with E-state index in [1.165, 1.54) is 3.70 Å². The number of aromatic nitrogens is 4. The molecular formula is C14H18I2N4. The topological polar surface area (TPSA) is 35.6 Å². The Morgan fingerprint density at radius 3 is 2.30 bits per heavy atom. The SMILES string of the molecule is C=CCCn1ccc(I)n1.C=CCCn1nccc1I. The summed E-state index contributed by atoms with van der Waals surface area (Å²) in [6, 6.07) is 3.98. The van der Waals surface area contributed by atoms with Crippen molar-refractivity contribution in [2.45, 2.75) is 25.9 Å². The summed E-state index contributed by atoms with van der Waals surface area (Å²) in [6.07, 6.45) is 9.55. The van der Waals surface area contributed by atoms with Gasteiger partial charge in [-0.05, 0) is 70.2 Å². The van der Waals surface area contributed by atoms with E-state index in [9.17, 15) is 0 Å². The molecule has 0 bridgehead atoms. The number of hydrogen-bond acceptors (Lipinski definition) is 2. The minimum Gasteiger partial charge on any atom is -0.271 e. The zero-order valence-corrected chi connectivity index (χ0v) is 15.6. The van der Waals surface area contributed by atoms with Gasteiger partial charge in [-0.15, -0.1) is 13.2 Å². The fourth-order valence-electron chi connectivity index (χ4n) is 1.38. The Labute approximate surface area is 147 Å². The van der Waals surface area contributed by atoms with Crippen LogP contribution in [0, 0.1) is 7.40 Å². The first-order chi connectivity index (χ1) is 9.67. The Morgan fingerprint density at radius 1 is 1.10 bits per heavy atom. The number of halogens is 2. The maximum Gasteiger partial charge on any atom is 0.123 e. The van der Waals surface area contributed by atoms with Crippen molar-refractivity contribution in [3.8, 4) is 0 Å². The number of allylic oxidation sites excluding steroid dienone is 2. The molecule has 2 aromatic rings. The lowest BCUT2D eigenvalue weighted by atomic mass is 10.4. The van der Waals surface area contributed by atoms with E-state index in [0.29, 0.717) is 0 Å². The summed E-state index contributed by atoms with van der Waals surface area (Å²) >= 11 is 4.46. The fourth-order valence-corrected chi connectivity index (χ4v) is 2.34. The van der Waals surface area contributed by atoms with Crippen molar-refractivity contribution in [2.75, 3.05) is 0 Å². The molecule has 0 aliphatic rings. The van der Waals surface area contributed by atoms with Crippen LogP contribution in [0.5, 0.6) is 0 Å². The molecule has 2 rings (SSSR count). The third-order valence-corrected chi connectivity index (χ3v) is 3.87. The predicted molar refractivity (Wildman–Crippen MR) is 99.5 cm³/mol. The Morgan fingerprint density at radius 2 is 1.80 bits per heavy atom. The Hall–Kier alpha value is -0.640. The van der Waals surface area contributed by atoms with Crippen molar-refractivity contribution in [3.63, 3.8) is 0 Å². The molecule has 0 spiro atoms. The molecule has 0 unspecified atom stereocenters. The van der Waals surface area contributed by atoms with E-state index in [1.54, 1.807) is 0 Å². The maximum absolute atomic E-state index is 4.20. The first-order valence-electron chi connectivity index (χ1n) is 6.25. The first-order valence-corrected chi connectivity index (χ1v) is 8.41. The molecule has 0 fully saturated rings. The standard InChI is InChI=1S/2C7H9IN2/c1-2-3-6-10-7(8)4-5-9-10;1-2-3-5-10-6-4-7(8)9-10/h2,4-5H,1,3,6H2;2,4,6H,1,3,5H2. The molecule has 6 heteroatoms. The van der Waals surface area contributed by atoms with E-state index in [2.05, 4.69) is 68.5 Å². The van der Waals surface area contributed by atoms with Crippen LogP contribution in [0.25, 0.3) is 0 Å². The van der Waals surface area contributed by atoms with Gasteiger partial charge in [-0.1, -0.05) is 12.2 Å². The Kier molecular flexibility index (Phi) is 8.83. The summed E-state index contributed by atoms with van der Waals surface area (Å²) in [5, 5.41) is 8.32. The third-order valence-electron chi connectivity index (χ3n) is 2.38. The van der Waals surface area contributed by atoms with Crippen molar-refractivity contribution in [3.05, 3.63) is 57.2 Å². The first kappa shape index (κ1) is 17.4. The van der Waals surface area contributed by atoms with Crippen molar-refractivity contribution in [1.29, 1.82) is 0 Å². The maximum atomic E-state index is 4.20. The smallest absolute Gasteiger partial charge is 0.123 e. The van der Waals surface area contributed by atoms with E-state index in [1.807, 2.05) is 46.0 Å². The van der Waals surface area contributed by atoms with Gasteiger partial charge in [-0.2, -0.15) is 10.2 Å². The molecule has 2 aromatic heterocycles. The second-order valence-electron chi connectivity index (χ2n) is 3.93. The quantitative estimate of drug-likeness (QED) is 0.446. The number of aryl methyl sites for hydroxylation is 2. The van der Waals surface area contributed by atoms with Gasteiger partial charge in [0.05, 0.1) is 9.90 Å².